The first-order valence-electron chi connectivity index (χ1n) is 8.11. The number of benzene rings is 2. The van der Waals surface area contributed by atoms with Crippen molar-refractivity contribution in [2.24, 2.45) is 0 Å². The molecule has 2 rings (SSSR count). The largest absolute Gasteiger partial charge is 0.494 e. The Morgan fingerprint density at radius 3 is 2.50 bits per heavy atom. The number of hydrogen-bond donors (Lipinski definition) is 2. The molecule has 0 radical (unpaired) electrons. The summed E-state index contributed by atoms with van der Waals surface area (Å²) in [5.41, 5.74) is 2.73. The summed E-state index contributed by atoms with van der Waals surface area (Å²) in [6, 6.07) is 10.9. The molecule has 0 bridgehead atoms. The Bertz CT molecular complexity index is 772. The van der Waals surface area contributed by atoms with Gasteiger partial charge in [0.15, 0.2) is 5.11 Å². The highest BCUT2D eigenvalue weighted by Crippen LogP contribution is 2.27. The van der Waals surface area contributed by atoms with Crippen molar-refractivity contribution in [2.75, 3.05) is 11.9 Å². The average Bonchev–Trinajstić information content (AvgIpc) is 2.56. The lowest BCUT2D eigenvalue weighted by atomic mass is 10.1. The number of nitrogens with one attached hydrogen (secondary N) is 2. The quantitative estimate of drug-likeness (QED) is 0.502. The normalized spacial score (nSPS) is 10.3. The van der Waals surface area contributed by atoms with Crippen molar-refractivity contribution in [2.45, 2.75) is 26.7 Å². The van der Waals surface area contributed by atoms with Crippen molar-refractivity contribution < 1.29 is 9.53 Å². The number of ether oxygens (including phenoxy) is 1. The van der Waals surface area contributed by atoms with Crippen LogP contribution in [0.15, 0.2) is 36.4 Å². The van der Waals surface area contributed by atoms with Crippen molar-refractivity contribution in [3.63, 3.8) is 0 Å². The fourth-order valence-corrected chi connectivity index (χ4v) is 3.07. The predicted octanol–water partition coefficient (Wildman–Crippen LogP) is 5.28. The van der Waals surface area contributed by atoms with Gasteiger partial charge >= 0.3 is 0 Å². The van der Waals surface area contributed by atoms with Crippen LogP contribution in [0.5, 0.6) is 5.75 Å². The van der Waals surface area contributed by atoms with Crippen molar-refractivity contribution in [1.29, 1.82) is 0 Å². The lowest BCUT2D eigenvalue weighted by Gasteiger charge is -2.14. The van der Waals surface area contributed by atoms with Crippen LogP contribution in [0.3, 0.4) is 0 Å². The number of thiocarbonyl (C=S) groups is 1. The molecular weight excluding hydrogens is 391 g/mol. The highest BCUT2D eigenvalue weighted by molar-refractivity contribution is 7.80. The number of anilines is 1. The second-order valence-electron chi connectivity index (χ2n) is 5.85. The Morgan fingerprint density at radius 1 is 1.15 bits per heavy atom. The number of hydrogen-bond acceptors (Lipinski definition) is 3. The summed E-state index contributed by atoms with van der Waals surface area (Å²) in [6.07, 6.45) is 0.872. The van der Waals surface area contributed by atoms with Crippen LogP contribution in [0.25, 0.3) is 0 Å². The summed E-state index contributed by atoms with van der Waals surface area (Å²) in [7, 11) is 0. The molecular formula is C19H20Cl2N2O2S. The first-order valence-corrected chi connectivity index (χ1v) is 9.27. The van der Waals surface area contributed by atoms with E-state index in [1.54, 1.807) is 24.3 Å². The van der Waals surface area contributed by atoms with Gasteiger partial charge in [-0.1, -0.05) is 29.3 Å². The van der Waals surface area contributed by atoms with E-state index in [2.05, 4.69) is 10.6 Å². The van der Waals surface area contributed by atoms with Crippen LogP contribution in [-0.2, 0) is 4.79 Å². The molecule has 2 aromatic rings. The van der Waals surface area contributed by atoms with Gasteiger partial charge < -0.3 is 15.4 Å². The lowest BCUT2D eigenvalue weighted by molar-refractivity contribution is -0.119. The Kier molecular flexibility index (Phi) is 7.69. The second kappa shape index (κ2) is 9.76. The van der Waals surface area contributed by atoms with E-state index in [1.807, 2.05) is 26.0 Å². The SMILES string of the molecule is Cc1cc(C)c(NC(=S)NC(=O)CCCOc2ccc(Cl)cc2)c(Cl)c1. The van der Waals surface area contributed by atoms with E-state index < -0.39 is 0 Å². The molecule has 0 aromatic heterocycles. The fourth-order valence-electron chi connectivity index (χ4n) is 2.36. The zero-order valence-electron chi connectivity index (χ0n) is 14.6. The lowest BCUT2D eigenvalue weighted by Crippen LogP contribution is -2.34. The van der Waals surface area contributed by atoms with Crippen LogP contribution in [-0.4, -0.2) is 17.6 Å². The summed E-state index contributed by atoms with van der Waals surface area (Å²) in [5, 5.41) is 7.08. The third-order valence-corrected chi connectivity index (χ3v) is 4.31. The Labute approximate surface area is 168 Å². The fraction of sp³-hybridized carbons (Fsp3) is 0.263. The van der Waals surface area contributed by atoms with Gasteiger partial charge in [-0.25, -0.2) is 0 Å². The minimum absolute atomic E-state index is 0.178. The molecule has 2 aromatic carbocycles. The van der Waals surface area contributed by atoms with Crippen molar-refractivity contribution in [3.05, 3.63) is 57.6 Å². The van der Waals surface area contributed by atoms with Crippen molar-refractivity contribution in [1.82, 2.24) is 5.32 Å². The summed E-state index contributed by atoms with van der Waals surface area (Å²) in [6.45, 7) is 4.33. The molecule has 0 saturated carbocycles. The third-order valence-electron chi connectivity index (χ3n) is 3.55. The predicted molar refractivity (Wildman–Crippen MR) is 111 cm³/mol. The maximum absolute atomic E-state index is 12.0. The van der Waals surface area contributed by atoms with Gasteiger partial charge in [-0.2, -0.15) is 0 Å². The Balaban J connectivity index is 1.73. The number of amides is 1. The van der Waals surface area contributed by atoms with Gasteiger partial charge in [-0.05, 0) is 73.9 Å². The zero-order valence-corrected chi connectivity index (χ0v) is 16.9. The van der Waals surface area contributed by atoms with E-state index in [0.717, 1.165) is 16.9 Å². The summed E-state index contributed by atoms with van der Waals surface area (Å²) < 4.78 is 5.55. The van der Waals surface area contributed by atoms with Gasteiger partial charge in [-0.3, -0.25) is 4.79 Å². The highest BCUT2D eigenvalue weighted by Gasteiger charge is 2.09. The van der Waals surface area contributed by atoms with Crippen LogP contribution in [0, 0.1) is 13.8 Å². The molecule has 0 aliphatic rings. The van der Waals surface area contributed by atoms with E-state index in [4.69, 9.17) is 40.2 Å². The first kappa shape index (κ1) is 20.5. The monoisotopic (exact) mass is 410 g/mol. The molecule has 7 heteroatoms. The molecule has 0 aliphatic carbocycles. The third kappa shape index (κ3) is 6.48. The van der Waals surface area contributed by atoms with E-state index in [1.165, 1.54) is 0 Å². The second-order valence-corrected chi connectivity index (χ2v) is 7.10. The molecule has 26 heavy (non-hydrogen) atoms. The van der Waals surface area contributed by atoms with Crippen molar-refractivity contribution >= 4 is 52.1 Å². The van der Waals surface area contributed by atoms with Crippen LogP contribution in [0.1, 0.15) is 24.0 Å². The standard InChI is InChI=1S/C19H20Cl2N2O2S/c1-12-10-13(2)18(16(21)11-12)23-19(26)22-17(24)4-3-9-25-15-7-5-14(20)6-8-15/h5-8,10-11H,3-4,9H2,1-2H3,(H2,22,23,24,26). The molecule has 0 saturated heterocycles. The molecule has 1 amide bonds. The van der Waals surface area contributed by atoms with Gasteiger partial charge in [0.25, 0.3) is 0 Å². The molecule has 0 spiro atoms. The van der Waals surface area contributed by atoms with Gasteiger partial charge in [0.2, 0.25) is 5.91 Å². The topological polar surface area (TPSA) is 50.4 Å². The molecule has 4 nitrogen and oxygen atoms in total. The number of carbonyl (C=O) groups excluding carboxylic acids is 1. The zero-order chi connectivity index (χ0) is 19.1. The van der Waals surface area contributed by atoms with Gasteiger partial charge in [0, 0.05) is 11.4 Å². The first-order chi connectivity index (χ1) is 12.3. The summed E-state index contributed by atoms with van der Waals surface area (Å²) in [4.78, 5) is 12.0. The minimum atomic E-state index is -0.178. The van der Waals surface area contributed by atoms with E-state index >= 15 is 0 Å². The Morgan fingerprint density at radius 2 is 1.85 bits per heavy atom. The van der Waals surface area contributed by atoms with Gasteiger partial charge in [0.05, 0.1) is 17.3 Å². The molecule has 2 N–H and O–H groups in total. The number of carbonyl (C=O) groups is 1. The molecule has 0 fully saturated rings. The Hall–Kier alpha value is -1.82. The van der Waals surface area contributed by atoms with E-state index in [-0.39, 0.29) is 11.0 Å². The van der Waals surface area contributed by atoms with Crippen molar-refractivity contribution in [3.8, 4) is 5.75 Å². The van der Waals surface area contributed by atoms with Crippen LogP contribution < -0.4 is 15.4 Å². The minimum Gasteiger partial charge on any atom is -0.494 e. The van der Waals surface area contributed by atoms with Gasteiger partial charge in [-0.15, -0.1) is 0 Å². The average molecular weight is 411 g/mol. The molecule has 0 heterocycles. The van der Waals surface area contributed by atoms with Gasteiger partial charge in [0.1, 0.15) is 5.75 Å². The number of aryl methyl sites for hydroxylation is 2. The summed E-state index contributed by atoms with van der Waals surface area (Å²) >= 11 is 17.2. The maximum atomic E-state index is 12.0. The number of rotatable bonds is 6. The van der Waals surface area contributed by atoms with Crippen LogP contribution in [0.2, 0.25) is 10.0 Å². The number of halogens is 2. The smallest absolute Gasteiger partial charge is 0.226 e. The van der Waals surface area contributed by atoms with Crippen LogP contribution in [0.4, 0.5) is 5.69 Å². The summed E-state index contributed by atoms with van der Waals surface area (Å²) in [5.74, 6) is 0.541. The molecule has 138 valence electrons. The molecule has 0 unspecified atom stereocenters. The maximum Gasteiger partial charge on any atom is 0.226 e. The molecule has 0 aliphatic heterocycles. The van der Waals surface area contributed by atoms with E-state index in [0.29, 0.717) is 35.2 Å². The highest BCUT2D eigenvalue weighted by atomic mass is 35.5. The van der Waals surface area contributed by atoms with E-state index in [9.17, 15) is 4.79 Å². The molecule has 0 atom stereocenters. The van der Waals surface area contributed by atoms with Crippen LogP contribution >= 0.6 is 35.4 Å².